The monoisotopic (exact) mass is 602 g/mol. The SMILES string of the molecule is CC(C)C(=O)Nc1ccccc1N1CCN(C(=O)CNC(=O)c2cc(=O)c3ccccc3o2)CC1.Cc1ccc(Cl)cc1. The van der Waals surface area contributed by atoms with Crippen molar-refractivity contribution in [3.63, 3.8) is 0 Å². The van der Waals surface area contributed by atoms with Crippen LogP contribution >= 0.6 is 11.6 Å². The summed E-state index contributed by atoms with van der Waals surface area (Å²) < 4.78 is 5.53. The van der Waals surface area contributed by atoms with Crippen molar-refractivity contribution in [1.29, 1.82) is 0 Å². The van der Waals surface area contributed by atoms with Gasteiger partial charge in [-0.1, -0.05) is 67.4 Å². The predicted octanol–water partition coefficient (Wildman–Crippen LogP) is 5.11. The lowest BCUT2D eigenvalue weighted by Crippen LogP contribution is -2.51. The molecule has 1 aliphatic heterocycles. The molecule has 5 rings (SSSR count). The number of halogens is 1. The second kappa shape index (κ2) is 14.5. The molecule has 0 atom stereocenters. The number of nitrogens with zero attached hydrogens (tertiary/aromatic N) is 2. The van der Waals surface area contributed by atoms with Crippen molar-refractivity contribution in [2.45, 2.75) is 20.8 Å². The zero-order valence-corrected chi connectivity index (χ0v) is 25.2. The highest BCUT2D eigenvalue weighted by Crippen LogP contribution is 2.27. The molecule has 10 heteroatoms. The molecule has 1 saturated heterocycles. The molecule has 0 bridgehead atoms. The first-order valence-electron chi connectivity index (χ1n) is 14.1. The van der Waals surface area contributed by atoms with E-state index in [4.69, 9.17) is 16.0 Å². The third-order valence-corrected chi connectivity index (χ3v) is 7.18. The van der Waals surface area contributed by atoms with Crippen LogP contribution in [0.5, 0.6) is 0 Å². The van der Waals surface area contributed by atoms with E-state index in [0.717, 1.165) is 22.5 Å². The van der Waals surface area contributed by atoms with E-state index in [1.807, 2.05) is 69.3 Å². The van der Waals surface area contributed by atoms with Gasteiger partial charge in [0.05, 0.1) is 23.3 Å². The van der Waals surface area contributed by atoms with Gasteiger partial charge in [-0.05, 0) is 43.3 Å². The van der Waals surface area contributed by atoms with Gasteiger partial charge in [0.1, 0.15) is 5.58 Å². The van der Waals surface area contributed by atoms with E-state index >= 15 is 0 Å². The standard InChI is InChI=1S/C26H28N4O5.C7H7Cl/c1-17(2)25(33)28-19-8-4-5-9-20(19)29-11-13-30(14-12-29)24(32)16-27-26(34)23-15-21(31)18-7-3-6-10-22(18)35-23;1-6-2-4-7(8)5-3-6/h3-10,15,17H,11-14,16H2,1-2H3,(H,27,34)(H,28,33);2-5H,1H3. The Morgan fingerprint density at radius 2 is 1.56 bits per heavy atom. The van der Waals surface area contributed by atoms with Gasteiger partial charge in [0.15, 0.2) is 11.2 Å². The molecule has 4 aromatic rings. The quantitative estimate of drug-likeness (QED) is 0.317. The van der Waals surface area contributed by atoms with Crippen LogP contribution in [0.3, 0.4) is 0 Å². The molecule has 1 fully saturated rings. The molecule has 3 amide bonds. The fourth-order valence-electron chi connectivity index (χ4n) is 4.43. The third-order valence-electron chi connectivity index (χ3n) is 6.93. The van der Waals surface area contributed by atoms with Gasteiger partial charge in [-0.2, -0.15) is 0 Å². The summed E-state index contributed by atoms with van der Waals surface area (Å²) in [6.45, 7) is 7.66. The number of hydrogen-bond acceptors (Lipinski definition) is 6. The van der Waals surface area contributed by atoms with Crippen molar-refractivity contribution >= 4 is 51.7 Å². The third kappa shape index (κ3) is 8.45. The fraction of sp³-hybridized carbons (Fsp3) is 0.273. The number of anilines is 2. The highest BCUT2D eigenvalue weighted by molar-refractivity contribution is 6.30. The Balaban J connectivity index is 0.000000458. The number of nitrogens with one attached hydrogen (secondary N) is 2. The number of hydrogen-bond donors (Lipinski definition) is 2. The zero-order chi connectivity index (χ0) is 30.9. The van der Waals surface area contributed by atoms with Crippen molar-refractivity contribution in [3.8, 4) is 0 Å². The van der Waals surface area contributed by atoms with Gasteiger partial charge >= 0.3 is 0 Å². The number of fused-ring (bicyclic) bond motifs is 1. The van der Waals surface area contributed by atoms with E-state index in [0.29, 0.717) is 37.1 Å². The van der Waals surface area contributed by atoms with E-state index in [2.05, 4.69) is 15.5 Å². The summed E-state index contributed by atoms with van der Waals surface area (Å²) in [5.74, 6) is -1.15. The fourth-order valence-corrected chi connectivity index (χ4v) is 4.56. The summed E-state index contributed by atoms with van der Waals surface area (Å²) in [4.78, 5) is 53.3. The van der Waals surface area contributed by atoms with E-state index in [9.17, 15) is 19.2 Å². The van der Waals surface area contributed by atoms with Crippen LogP contribution in [-0.2, 0) is 9.59 Å². The van der Waals surface area contributed by atoms with Crippen LogP contribution in [0.25, 0.3) is 11.0 Å². The molecule has 0 unspecified atom stereocenters. The minimum absolute atomic E-state index is 0.0516. The first kappa shape index (κ1) is 31.3. The highest BCUT2D eigenvalue weighted by atomic mass is 35.5. The normalized spacial score (nSPS) is 12.9. The second-order valence-electron chi connectivity index (χ2n) is 10.5. The lowest BCUT2D eigenvalue weighted by molar-refractivity contribution is -0.130. The molecule has 3 aromatic carbocycles. The van der Waals surface area contributed by atoms with Crippen LogP contribution in [0.1, 0.15) is 30.0 Å². The highest BCUT2D eigenvalue weighted by Gasteiger charge is 2.24. The second-order valence-corrected chi connectivity index (χ2v) is 10.9. The number of carbonyl (C=O) groups excluding carboxylic acids is 3. The molecular weight excluding hydrogens is 568 g/mol. The van der Waals surface area contributed by atoms with Gasteiger partial charge in [-0.15, -0.1) is 0 Å². The zero-order valence-electron chi connectivity index (χ0n) is 24.4. The minimum Gasteiger partial charge on any atom is -0.451 e. The maximum atomic E-state index is 12.7. The largest absolute Gasteiger partial charge is 0.451 e. The summed E-state index contributed by atoms with van der Waals surface area (Å²) in [5.41, 5.74) is 2.90. The number of aryl methyl sites for hydroxylation is 1. The maximum absolute atomic E-state index is 12.7. The summed E-state index contributed by atoms with van der Waals surface area (Å²) in [6, 6.07) is 23.2. The topological polar surface area (TPSA) is 112 Å². The Labute approximate surface area is 255 Å². The van der Waals surface area contributed by atoms with Gasteiger partial charge in [0.2, 0.25) is 11.8 Å². The van der Waals surface area contributed by atoms with Gasteiger partial charge in [0, 0.05) is 43.2 Å². The number of carbonyl (C=O) groups is 3. The van der Waals surface area contributed by atoms with Crippen molar-refractivity contribution < 1.29 is 18.8 Å². The first-order chi connectivity index (χ1) is 20.6. The lowest BCUT2D eigenvalue weighted by Gasteiger charge is -2.37. The number of rotatable bonds is 6. The van der Waals surface area contributed by atoms with E-state index < -0.39 is 5.91 Å². The lowest BCUT2D eigenvalue weighted by atomic mass is 10.1. The van der Waals surface area contributed by atoms with E-state index in [1.54, 1.807) is 29.2 Å². The molecular formula is C33H35ClN4O5. The predicted molar refractivity (Wildman–Crippen MR) is 170 cm³/mol. The molecule has 0 aliphatic carbocycles. The van der Waals surface area contributed by atoms with Crippen molar-refractivity contribution in [2.24, 2.45) is 5.92 Å². The number of benzene rings is 3. The van der Waals surface area contributed by atoms with E-state index in [1.165, 1.54) is 5.56 Å². The Kier molecular flexibility index (Phi) is 10.6. The first-order valence-corrected chi connectivity index (χ1v) is 14.5. The summed E-state index contributed by atoms with van der Waals surface area (Å²) in [5, 5.41) is 6.71. The van der Waals surface area contributed by atoms with Crippen molar-refractivity contribution in [3.05, 3.63) is 105 Å². The molecule has 1 aliphatic rings. The van der Waals surface area contributed by atoms with Crippen LogP contribution in [-0.4, -0.2) is 55.3 Å². The molecule has 0 saturated carbocycles. The number of para-hydroxylation sites is 3. The smallest absolute Gasteiger partial charge is 0.287 e. The Morgan fingerprint density at radius 3 is 2.23 bits per heavy atom. The number of amides is 3. The minimum atomic E-state index is -0.616. The molecule has 9 nitrogen and oxygen atoms in total. The van der Waals surface area contributed by atoms with Gasteiger partial charge in [-0.25, -0.2) is 0 Å². The summed E-state index contributed by atoms with van der Waals surface area (Å²) in [6.07, 6.45) is 0. The molecule has 2 heterocycles. The molecule has 224 valence electrons. The van der Waals surface area contributed by atoms with Crippen LogP contribution in [0.2, 0.25) is 5.02 Å². The maximum Gasteiger partial charge on any atom is 0.287 e. The van der Waals surface area contributed by atoms with Gasteiger partial charge < -0.3 is 24.9 Å². The Morgan fingerprint density at radius 1 is 0.907 bits per heavy atom. The van der Waals surface area contributed by atoms with Crippen LogP contribution < -0.4 is 21.0 Å². The Bertz CT molecular complexity index is 1620. The number of piperazine rings is 1. The van der Waals surface area contributed by atoms with Crippen molar-refractivity contribution in [1.82, 2.24) is 10.2 Å². The summed E-state index contributed by atoms with van der Waals surface area (Å²) in [7, 11) is 0. The van der Waals surface area contributed by atoms with Crippen LogP contribution in [0.15, 0.2) is 88.1 Å². The molecule has 0 spiro atoms. The van der Waals surface area contributed by atoms with Crippen molar-refractivity contribution in [2.75, 3.05) is 42.9 Å². The van der Waals surface area contributed by atoms with Gasteiger partial charge in [-0.3, -0.25) is 19.2 Å². The van der Waals surface area contributed by atoms with Gasteiger partial charge in [0.25, 0.3) is 5.91 Å². The Hall–Kier alpha value is -4.63. The van der Waals surface area contributed by atoms with Crippen LogP contribution in [0.4, 0.5) is 11.4 Å². The van der Waals surface area contributed by atoms with Crippen LogP contribution in [0, 0.1) is 12.8 Å². The molecule has 43 heavy (non-hydrogen) atoms. The molecule has 2 N–H and O–H groups in total. The average Bonchev–Trinajstić information content (AvgIpc) is 3.01. The summed E-state index contributed by atoms with van der Waals surface area (Å²) >= 11 is 5.61. The average molecular weight is 603 g/mol. The molecule has 1 aromatic heterocycles. The van der Waals surface area contributed by atoms with E-state index in [-0.39, 0.29) is 35.5 Å². The molecule has 0 radical (unpaired) electrons.